The molecule has 6 nitrogen and oxygen atoms in total. The van der Waals surface area contributed by atoms with Gasteiger partial charge in [-0.25, -0.2) is 4.98 Å². The average molecular weight is 404 g/mol. The largest absolute Gasteiger partial charge is 0.441 e. The Kier molecular flexibility index (Phi) is 5.99. The van der Waals surface area contributed by atoms with E-state index in [0.29, 0.717) is 30.0 Å². The molecule has 1 aromatic carbocycles. The quantitative estimate of drug-likeness (QED) is 0.783. The Labute approximate surface area is 170 Å². The van der Waals surface area contributed by atoms with Gasteiger partial charge in [0.15, 0.2) is 0 Å². The third kappa shape index (κ3) is 4.40. The van der Waals surface area contributed by atoms with E-state index in [1.165, 1.54) is 0 Å². The molecule has 0 unspecified atom stereocenters. The smallest absolute Gasteiger partial charge is 0.226 e. The number of oxazole rings is 1. The minimum absolute atomic E-state index is 0.134. The molecule has 0 radical (unpaired) electrons. The van der Waals surface area contributed by atoms with Crippen LogP contribution < -0.4 is 0 Å². The molecule has 2 aromatic rings. The molecule has 2 aliphatic rings. The van der Waals surface area contributed by atoms with Crippen molar-refractivity contribution in [2.75, 3.05) is 39.4 Å². The van der Waals surface area contributed by atoms with Gasteiger partial charge in [0, 0.05) is 36.1 Å². The monoisotopic (exact) mass is 403 g/mol. The molecule has 2 aliphatic heterocycles. The molecule has 150 valence electrons. The van der Waals surface area contributed by atoms with Crippen LogP contribution in [0.25, 0.3) is 11.5 Å². The van der Waals surface area contributed by atoms with E-state index in [9.17, 15) is 4.79 Å². The molecule has 0 N–H and O–H groups in total. The summed E-state index contributed by atoms with van der Waals surface area (Å²) in [5.74, 6) is 1.87. The molecular formula is C21H26ClN3O3. The molecule has 2 fully saturated rings. The first kappa shape index (κ1) is 19.4. The van der Waals surface area contributed by atoms with Crippen LogP contribution in [0.3, 0.4) is 0 Å². The molecule has 0 saturated carbocycles. The molecule has 2 saturated heterocycles. The van der Waals surface area contributed by atoms with Crippen LogP contribution in [-0.2, 0) is 16.1 Å². The number of halogens is 1. The number of hydrogen-bond donors (Lipinski definition) is 0. The second-order valence-corrected chi connectivity index (χ2v) is 7.96. The first-order valence-electron chi connectivity index (χ1n) is 9.91. The number of benzene rings is 1. The Morgan fingerprint density at radius 3 is 2.68 bits per heavy atom. The van der Waals surface area contributed by atoms with Crippen molar-refractivity contribution in [2.24, 2.45) is 5.92 Å². The van der Waals surface area contributed by atoms with Gasteiger partial charge in [-0.15, -0.1) is 0 Å². The summed E-state index contributed by atoms with van der Waals surface area (Å²) in [6, 6.07) is 7.54. The average Bonchev–Trinajstić information content (AvgIpc) is 3.09. The zero-order chi connectivity index (χ0) is 19.5. The molecular weight excluding hydrogens is 378 g/mol. The van der Waals surface area contributed by atoms with E-state index in [2.05, 4.69) is 9.88 Å². The number of piperidine rings is 1. The van der Waals surface area contributed by atoms with Crippen molar-refractivity contribution in [1.29, 1.82) is 0 Å². The van der Waals surface area contributed by atoms with E-state index in [1.54, 1.807) is 0 Å². The third-order valence-electron chi connectivity index (χ3n) is 5.60. The zero-order valence-corrected chi connectivity index (χ0v) is 17.0. The van der Waals surface area contributed by atoms with Gasteiger partial charge in [0.05, 0.1) is 18.9 Å². The van der Waals surface area contributed by atoms with Crippen molar-refractivity contribution in [2.45, 2.75) is 26.3 Å². The summed E-state index contributed by atoms with van der Waals surface area (Å²) in [5.41, 5.74) is 1.84. The number of carbonyl (C=O) groups excluding carboxylic acids is 1. The number of rotatable bonds is 4. The summed E-state index contributed by atoms with van der Waals surface area (Å²) in [5, 5.41) is 0.668. The Morgan fingerprint density at radius 1 is 1.21 bits per heavy atom. The van der Waals surface area contributed by atoms with E-state index >= 15 is 0 Å². The van der Waals surface area contributed by atoms with E-state index in [0.717, 1.165) is 62.6 Å². The fraction of sp³-hybridized carbons (Fsp3) is 0.524. The number of amides is 1. The van der Waals surface area contributed by atoms with Gasteiger partial charge >= 0.3 is 0 Å². The highest BCUT2D eigenvalue weighted by molar-refractivity contribution is 6.30. The van der Waals surface area contributed by atoms with Crippen molar-refractivity contribution in [1.82, 2.24) is 14.8 Å². The maximum Gasteiger partial charge on any atom is 0.226 e. The number of morpholine rings is 1. The molecule has 28 heavy (non-hydrogen) atoms. The molecule has 0 aliphatic carbocycles. The molecule has 1 aromatic heterocycles. The first-order chi connectivity index (χ1) is 13.6. The number of carbonyl (C=O) groups is 1. The van der Waals surface area contributed by atoms with E-state index in [1.807, 2.05) is 36.1 Å². The van der Waals surface area contributed by atoms with Gasteiger partial charge in [-0.1, -0.05) is 17.7 Å². The van der Waals surface area contributed by atoms with Crippen molar-refractivity contribution < 1.29 is 13.9 Å². The van der Waals surface area contributed by atoms with Gasteiger partial charge in [-0.05, 0) is 51.1 Å². The maximum absolute atomic E-state index is 12.7. The number of likely N-dealkylation sites (tertiary alicyclic amines) is 1. The molecule has 7 heteroatoms. The second kappa shape index (κ2) is 8.64. The number of aromatic nitrogens is 1. The van der Waals surface area contributed by atoms with Gasteiger partial charge in [0.2, 0.25) is 11.8 Å². The van der Waals surface area contributed by atoms with Crippen LogP contribution >= 0.6 is 11.6 Å². The molecule has 0 bridgehead atoms. The summed E-state index contributed by atoms with van der Waals surface area (Å²) in [7, 11) is 0. The fourth-order valence-electron chi connectivity index (χ4n) is 3.91. The summed E-state index contributed by atoms with van der Waals surface area (Å²) < 4.78 is 11.2. The topological polar surface area (TPSA) is 58.8 Å². The highest BCUT2D eigenvalue weighted by Crippen LogP contribution is 2.26. The van der Waals surface area contributed by atoms with Crippen LogP contribution in [0, 0.1) is 12.8 Å². The van der Waals surface area contributed by atoms with Gasteiger partial charge in [0.25, 0.3) is 0 Å². The number of nitrogens with zero attached hydrogens (tertiary/aromatic N) is 3. The molecule has 0 atom stereocenters. The Bertz CT molecular complexity index is 824. The highest BCUT2D eigenvalue weighted by Gasteiger charge is 2.30. The summed E-state index contributed by atoms with van der Waals surface area (Å²) in [4.78, 5) is 21.7. The molecule has 3 heterocycles. The van der Waals surface area contributed by atoms with Gasteiger partial charge in [-0.2, -0.15) is 0 Å². The SMILES string of the molecule is Cc1oc(-c2cccc(Cl)c2)nc1CN1CCC(C(=O)N2CCOCC2)CC1. The van der Waals surface area contributed by atoms with E-state index in [-0.39, 0.29) is 5.92 Å². The fourth-order valence-corrected chi connectivity index (χ4v) is 4.10. The predicted octanol–water partition coefficient (Wildman–Crippen LogP) is 3.37. The molecule has 4 rings (SSSR count). The summed E-state index contributed by atoms with van der Waals surface area (Å²) in [6.07, 6.45) is 1.79. The van der Waals surface area contributed by atoms with Crippen LogP contribution in [0.15, 0.2) is 28.7 Å². The number of hydrogen-bond acceptors (Lipinski definition) is 5. The van der Waals surface area contributed by atoms with Gasteiger partial charge in [-0.3, -0.25) is 9.69 Å². The van der Waals surface area contributed by atoms with Crippen LogP contribution in [0.2, 0.25) is 5.02 Å². The number of ether oxygens (including phenoxy) is 1. The van der Waals surface area contributed by atoms with Crippen LogP contribution in [0.4, 0.5) is 0 Å². The minimum Gasteiger partial charge on any atom is -0.441 e. The van der Waals surface area contributed by atoms with Crippen molar-refractivity contribution >= 4 is 17.5 Å². The lowest BCUT2D eigenvalue weighted by Crippen LogP contribution is -2.46. The first-order valence-corrected chi connectivity index (χ1v) is 10.3. The summed E-state index contributed by atoms with van der Waals surface area (Å²) >= 11 is 6.08. The third-order valence-corrected chi connectivity index (χ3v) is 5.83. The minimum atomic E-state index is 0.134. The van der Waals surface area contributed by atoms with Crippen LogP contribution in [-0.4, -0.2) is 60.1 Å². The van der Waals surface area contributed by atoms with Gasteiger partial charge in [0.1, 0.15) is 5.76 Å². The Balaban J connectivity index is 1.34. The Hall–Kier alpha value is -1.89. The highest BCUT2D eigenvalue weighted by atomic mass is 35.5. The lowest BCUT2D eigenvalue weighted by molar-refractivity contribution is -0.141. The molecule has 1 amide bonds. The maximum atomic E-state index is 12.7. The standard InChI is InChI=1S/C21H26ClN3O3/c1-15-19(23-20(28-15)17-3-2-4-18(22)13-17)14-24-7-5-16(6-8-24)21(26)25-9-11-27-12-10-25/h2-4,13,16H,5-12,14H2,1H3. The van der Waals surface area contributed by atoms with Crippen LogP contribution in [0.5, 0.6) is 0 Å². The second-order valence-electron chi connectivity index (χ2n) is 7.52. The lowest BCUT2D eigenvalue weighted by Gasteiger charge is -2.35. The Morgan fingerprint density at radius 2 is 1.96 bits per heavy atom. The number of aryl methyl sites for hydroxylation is 1. The lowest BCUT2D eigenvalue weighted by atomic mass is 9.95. The van der Waals surface area contributed by atoms with Crippen molar-refractivity contribution in [3.05, 3.63) is 40.7 Å². The van der Waals surface area contributed by atoms with Crippen molar-refractivity contribution in [3.63, 3.8) is 0 Å². The van der Waals surface area contributed by atoms with E-state index in [4.69, 9.17) is 20.8 Å². The summed E-state index contributed by atoms with van der Waals surface area (Å²) in [6.45, 7) is 7.27. The predicted molar refractivity (Wildman–Crippen MR) is 107 cm³/mol. The van der Waals surface area contributed by atoms with Crippen LogP contribution in [0.1, 0.15) is 24.3 Å². The van der Waals surface area contributed by atoms with E-state index < -0.39 is 0 Å². The molecule has 0 spiro atoms. The zero-order valence-electron chi connectivity index (χ0n) is 16.2. The normalized spacial score (nSPS) is 19.1. The van der Waals surface area contributed by atoms with Crippen molar-refractivity contribution in [3.8, 4) is 11.5 Å². The van der Waals surface area contributed by atoms with Gasteiger partial charge < -0.3 is 14.1 Å².